The Kier molecular flexibility index (Phi) is 3.84. The van der Waals surface area contributed by atoms with E-state index in [1.807, 2.05) is 17.1 Å². The van der Waals surface area contributed by atoms with Crippen LogP contribution in [0.25, 0.3) is 0 Å². The summed E-state index contributed by atoms with van der Waals surface area (Å²) in [5, 5.41) is 4.36. The van der Waals surface area contributed by atoms with Crippen LogP contribution in [-0.4, -0.2) is 13.0 Å². The summed E-state index contributed by atoms with van der Waals surface area (Å²) >= 11 is 5.92. The smallest absolute Gasteiger partial charge is 0.233 e. The Labute approximate surface area is 129 Å². The third-order valence-corrected chi connectivity index (χ3v) is 4.03. The van der Waals surface area contributed by atoms with Crippen molar-refractivity contribution in [3.05, 3.63) is 58.6 Å². The van der Waals surface area contributed by atoms with Crippen LogP contribution in [0.3, 0.4) is 0 Å². The maximum atomic E-state index is 11.6. The standard InChI is InChI=1S/C17H17ClN2O/c1-13-4-9-17-14(11-13)3-2-10-19(17)20(12-21)16-7-5-15(18)6-8-16/h4-9,11-12H,2-3,10H2,1H3. The number of hydrogen-bond acceptors (Lipinski definition) is 2. The number of aryl methyl sites for hydroxylation is 2. The van der Waals surface area contributed by atoms with Crippen LogP contribution in [0.15, 0.2) is 42.5 Å². The van der Waals surface area contributed by atoms with E-state index in [9.17, 15) is 4.79 Å². The Morgan fingerprint density at radius 2 is 1.95 bits per heavy atom. The van der Waals surface area contributed by atoms with E-state index in [-0.39, 0.29) is 0 Å². The number of carbonyl (C=O) groups excluding carboxylic acids is 1. The summed E-state index contributed by atoms with van der Waals surface area (Å²) in [6.45, 7) is 2.92. The van der Waals surface area contributed by atoms with Gasteiger partial charge in [0.25, 0.3) is 0 Å². The quantitative estimate of drug-likeness (QED) is 0.801. The number of fused-ring (bicyclic) bond motifs is 1. The first-order chi connectivity index (χ1) is 10.2. The predicted octanol–water partition coefficient (Wildman–Crippen LogP) is 3.98. The van der Waals surface area contributed by atoms with Crippen molar-refractivity contribution in [2.24, 2.45) is 0 Å². The van der Waals surface area contributed by atoms with Crippen molar-refractivity contribution in [2.75, 3.05) is 16.6 Å². The molecule has 0 aromatic heterocycles. The molecule has 4 heteroatoms. The van der Waals surface area contributed by atoms with Crippen LogP contribution in [0, 0.1) is 6.92 Å². The summed E-state index contributed by atoms with van der Waals surface area (Å²) < 4.78 is 0. The molecule has 0 aliphatic carbocycles. The molecule has 21 heavy (non-hydrogen) atoms. The maximum absolute atomic E-state index is 11.6. The summed E-state index contributed by atoms with van der Waals surface area (Å²) in [7, 11) is 0. The second kappa shape index (κ2) is 5.78. The van der Waals surface area contributed by atoms with Crippen LogP contribution < -0.4 is 10.0 Å². The maximum Gasteiger partial charge on any atom is 0.233 e. The lowest BCUT2D eigenvalue weighted by molar-refractivity contribution is -0.107. The normalized spacial score (nSPS) is 13.7. The van der Waals surface area contributed by atoms with Gasteiger partial charge >= 0.3 is 0 Å². The van der Waals surface area contributed by atoms with Gasteiger partial charge in [-0.3, -0.25) is 9.80 Å². The Morgan fingerprint density at radius 1 is 1.19 bits per heavy atom. The predicted molar refractivity (Wildman–Crippen MR) is 86.8 cm³/mol. The average Bonchev–Trinajstić information content (AvgIpc) is 2.49. The lowest BCUT2D eigenvalue weighted by Crippen LogP contribution is -2.45. The van der Waals surface area contributed by atoms with Gasteiger partial charge in [-0.05, 0) is 55.7 Å². The summed E-state index contributed by atoms with van der Waals surface area (Å²) in [6.07, 6.45) is 2.95. The second-order valence-electron chi connectivity index (χ2n) is 5.29. The van der Waals surface area contributed by atoms with E-state index in [4.69, 9.17) is 11.6 Å². The number of hydrogen-bond donors (Lipinski definition) is 0. The zero-order valence-corrected chi connectivity index (χ0v) is 12.7. The molecular formula is C17H17ClN2O. The van der Waals surface area contributed by atoms with E-state index < -0.39 is 0 Å². The number of carbonyl (C=O) groups is 1. The van der Waals surface area contributed by atoms with E-state index in [2.05, 4.69) is 25.1 Å². The van der Waals surface area contributed by atoms with Gasteiger partial charge in [0, 0.05) is 11.6 Å². The molecule has 0 radical (unpaired) electrons. The lowest BCUT2D eigenvalue weighted by atomic mass is 10.0. The molecule has 0 spiro atoms. The molecule has 3 nitrogen and oxygen atoms in total. The molecule has 2 aromatic rings. The molecule has 1 heterocycles. The second-order valence-corrected chi connectivity index (χ2v) is 5.72. The van der Waals surface area contributed by atoms with E-state index in [1.54, 1.807) is 17.1 Å². The van der Waals surface area contributed by atoms with Crippen LogP contribution >= 0.6 is 11.6 Å². The highest BCUT2D eigenvalue weighted by atomic mass is 35.5. The molecule has 0 atom stereocenters. The fraction of sp³-hybridized carbons (Fsp3) is 0.235. The highest BCUT2D eigenvalue weighted by Crippen LogP contribution is 2.31. The largest absolute Gasteiger partial charge is 0.278 e. The van der Waals surface area contributed by atoms with Gasteiger partial charge in [-0.25, -0.2) is 5.01 Å². The van der Waals surface area contributed by atoms with Crippen LogP contribution in [0.2, 0.25) is 5.02 Å². The minimum atomic E-state index is 0.666. The van der Waals surface area contributed by atoms with Crippen LogP contribution in [-0.2, 0) is 11.2 Å². The van der Waals surface area contributed by atoms with Crippen LogP contribution in [0.4, 0.5) is 11.4 Å². The van der Waals surface area contributed by atoms with Crippen LogP contribution in [0.1, 0.15) is 17.5 Å². The van der Waals surface area contributed by atoms with Gasteiger partial charge in [0.2, 0.25) is 6.41 Å². The average molecular weight is 301 g/mol. The molecule has 3 rings (SSSR count). The number of nitrogens with zero attached hydrogens (tertiary/aromatic N) is 2. The Balaban J connectivity index is 1.99. The zero-order valence-electron chi connectivity index (χ0n) is 11.9. The number of hydrazine groups is 1. The highest BCUT2D eigenvalue weighted by molar-refractivity contribution is 6.30. The molecule has 1 amide bonds. The molecule has 108 valence electrons. The molecular weight excluding hydrogens is 284 g/mol. The van der Waals surface area contributed by atoms with Crippen LogP contribution in [0.5, 0.6) is 0 Å². The molecule has 0 saturated heterocycles. The van der Waals surface area contributed by atoms with Crippen molar-refractivity contribution in [1.82, 2.24) is 0 Å². The number of amides is 1. The first kappa shape index (κ1) is 14.0. The highest BCUT2D eigenvalue weighted by Gasteiger charge is 2.22. The van der Waals surface area contributed by atoms with Gasteiger partial charge in [-0.2, -0.15) is 0 Å². The molecule has 0 bridgehead atoms. The van der Waals surface area contributed by atoms with E-state index in [0.29, 0.717) is 5.02 Å². The summed E-state index contributed by atoms with van der Waals surface area (Å²) in [4.78, 5) is 11.6. The van der Waals surface area contributed by atoms with Gasteiger partial charge in [0.05, 0.1) is 11.4 Å². The summed E-state index contributed by atoms with van der Waals surface area (Å²) in [6, 6.07) is 13.7. The van der Waals surface area contributed by atoms with Crippen molar-refractivity contribution in [1.29, 1.82) is 0 Å². The fourth-order valence-corrected chi connectivity index (χ4v) is 2.91. The first-order valence-electron chi connectivity index (χ1n) is 7.06. The molecule has 1 aliphatic heterocycles. The fourth-order valence-electron chi connectivity index (χ4n) is 2.78. The van der Waals surface area contributed by atoms with Gasteiger partial charge in [0.15, 0.2) is 0 Å². The molecule has 0 N–H and O–H groups in total. The number of rotatable bonds is 3. The molecule has 1 aliphatic rings. The van der Waals surface area contributed by atoms with Crippen molar-refractivity contribution in [3.8, 4) is 0 Å². The lowest BCUT2D eigenvalue weighted by Gasteiger charge is -2.38. The molecule has 0 fully saturated rings. The third-order valence-electron chi connectivity index (χ3n) is 3.78. The van der Waals surface area contributed by atoms with Gasteiger partial charge in [-0.15, -0.1) is 0 Å². The minimum absolute atomic E-state index is 0.666. The number of halogens is 1. The van der Waals surface area contributed by atoms with E-state index in [1.165, 1.54) is 11.1 Å². The molecule has 0 unspecified atom stereocenters. The Morgan fingerprint density at radius 3 is 2.67 bits per heavy atom. The summed E-state index contributed by atoms with van der Waals surface area (Å²) in [5.41, 5.74) is 4.47. The Hall–Kier alpha value is -2.00. The zero-order chi connectivity index (χ0) is 14.8. The van der Waals surface area contributed by atoms with Crippen molar-refractivity contribution < 1.29 is 4.79 Å². The van der Waals surface area contributed by atoms with Gasteiger partial charge < -0.3 is 0 Å². The van der Waals surface area contributed by atoms with Gasteiger partial charge in [0.1, 0.15) is 0 Å². The first-order valence-corrected chi connectivity index (χ1v) is 7.44. The van der Waals surface area contributed by atoms with Crippen molar-refractivity contribution >= 4 is 29.4 Å². The topological polar surface area (TPSA) is 23.6 Å². The van der Waals surface area contributed by atoms with E-state index >= 15 is 0 Å². The Bertz CT molecular complexity index is 654. The van der Waals surface area contributed by atoms with E-state index in [0.717, 1.165) is 37.2 Å². The SMILES string of the molecule is Cc1ccc2c(c1)CCCN2N(C=O)c1ccc(Cl)cc1. The van der Waals surface area contributed by atoms with Crippen molar-refractivity contribution in [2.45, 2.75) is 19.8 Å². The number of anilines is 2. The van der Waals surface area contributed by atoms with Crippen molar-refractivity contribution in [3.63, 3.8) is 0 Å². The monoisotopic (exact) mass is 300 g/mol. The molecule has 0 saturated carbocycles. The van der Waals surface area contributed by atoms with Gasteiger partial charge in [-0.1, -0.05) is 29.3 Å². The third kappa shape index (κ3) is 2.74. The molecule has 2 aromatic carbocycles. The minimum Gasteiger partial charge on any atom is -0.278 e. The summed E-state index contributed by atoms with van der Waals surface area (Å²) in [5.74, 6) is 0. The number of benzene rings is 2.